The lowest BCUT2D eigenvalue weighted by atomic mass is 10.0. The largest absolute Gasteiger partial charge is 0.480 e. The number of carbonyl (C=O) groups is 2. The Morgan fingerprint density at radius 3 is 2.41 bits per heavy atom. The van der Waals surface area contributed by atoms with Gasteiger partial charge in [-0.1, -0.05) is 0 Å². The molecule has 0 radical (unpaired) electrons. The van der Waals surface area contributed by atoms with Gasteiger partial charge >= 0.3 is 5.97 Å². The van der Waals surface area contributed by atoms with Gasteiger partial charge in [0, 0.05) is 13.1 Å². The molecule has 0 aliphatic rings. The lowest BCUT2D eigenvalue weighted by molar-refractivity contribution is -0.147. The van der Waals surface area contributed by atoms with Gasteiger partial charge < -0.3 is 10.0 Å². The Bertz CT molecular complexity index is 486. The molecule has 0 saturated heterocycles. The molecule has 2 N–H and O–H groups in total. The fraction of sp³-hybridized carbons (Fsp3) is 0.400. The third-order valence-corrected chi connectivity index (χ3v) is 2.56. The molecule has 0 fully saturated rings. The number of likely N-dealkylation sites (N-methyl/N-ethyl adjacent to an activating group) is 1. The monoisotopic (exact) mass is 239 g/mol. The van der Waals surface area contributed by atoms with Gasteiger partial charge in [-0.05, 0) is 19.9 Å². The van der Waals surface area contributed by atoms with Crippen LogP contribution in [0.2, 0.25) is 0 Å². The van der Waals surface area contributed by atoms with Gasteiger partial charge in [0.05, 0.1) is 0 Å². The van der Waals surface area contributed by atoms with Crippen molar-refractivity contribution in [2.45, 2.75) is 19.4 Å². The minimum atomic E-state index is -1.35. The topological polar surface area (TPSA) is 103 Å². The zero-order chi connectivity index (χ0) is 13.2. The molecule has 0 saturated carbocycles. The van der Waals surface area contributed by atoms with Crippen LogP contribution in [0.1, 0.15) is 24.3 Å². The van der Waals surface area contributed by atoms with Crippen LogP contribution in [0.5, 0.6) is 0 Å². The van der Waals surface area contributed by atoms with E-state index in [1.54, 1.807) is 0 Å². The van der Waals surface area contributed by atoms with Crippen LogP contribution < -0.4 is 5.56 Å². The molecule has 17 heavy (non-hydrogen) atoms. The second-order valence-corrected chi connectivity index (χ2v) is 4.03. The molecule has 0 aliphatic carbocycles. The molecule has 0 bridgehead atoms. The van der Waals surface area contributed by atoms with Crippen molar-refractivity contribution in [3.05, 3.63) is 28.2 Å². The predicted molar refractivity (Wildman–Crippen MR) is 58.7 cm³/mol. The van der Waals surface area contributed by atoms with E-state index in [1.807, 2.05) is 0 Å². The maximum absolute atomic E-state index is 11.9. The molecular weight excluding hydrogens is 226 g/mol. The molecule has 0 unspecified atom stereocenters. The van der Waals surface area contributed by atoms with Crippen LogP contribution in [0.25, 0.3) is 0 Å². The summed E-state index contributed by atoms with van der Waals surface area (Å²) in [6, 6.07) is 2.40. The number of nitrogens with one attached hydrogen (secondary N) is 1. The van der Waals surface area contributed by atoms with Gasteiger partial charge in [-0.25, -0.2) is 9.89 Å². The van der Waals surface area contributed by atoms with Crippen LogP contribution >= 0.6 is 0 Å². The van der Waals surface area contributed by atoms with Crippen LogP contribution in [0, 0.1) is 0 Å². The number of carboxylic acid groups (broad SMARTS) is 1. The first-order valence-corrected chi connectivity index (χ1v) is 4.84. The lowest BCUT2D eigenvalue weighted by Gasteiger charge is -2.31. The number of aliphatic carboxylic acids is 1. The van der Waals surface area contributed by atoms with Crippen LogP contribution in [-0.2, 0) is 4.79 Å². The van der Waals surface area contributed by atoms with Crippen LogP contribution in [-0.4, -0.2) is 44.7 Å². The Morgan fingerprint density at radius 2 is 2.00 bits per heavy atom. The molecule has 1 rings (SSSR count). The fourth-order valence-electron chi connectivity index (χ4n) is 1.03. The molecule has 0 atom stereocenters. The zero-order valence-electron chi connectivity index (χ0n) is 9.72. The minimum absolute atomic E-state index is 0.0126. The fourth-order valence-corrected chi connectivity index (χ4v) is 1.03. The molecule has 1 heterocycles. The highest BCUT2D eigenvalue weighted by Gasteiger charge is 2.36. The van der Waals surface area contributed by atoms with Gasteiger partial charge in [0.15, 0.2) is 0 Å². The van der Waals surface area contributed by atoms with E-state index in [4.69, 9.17) is 5.11 Å². The highest BCUT2D eigenvalue weighted by atomic mass is 16.4. The number of hydrogen-bond acceptors (Lipinski definition) is 4. The highest BCUT2D eigenvalue weighted by Crippen LogP contribution is 2.14. The van der Waals surface area contributed by atoms with Crippen LogP contribution in [0.3, 0.4) is 0 Å². The maximum atomic E-state index is 11.9. The van der Waals surface area contributed by atoms with Gasteiger partial charge in [0.2, 0.25) is 0 Å². The maximum Gasteiger partial charge on any atom is 0.329 e. The number of hydrogen-bond donors (Lipinski definition) is 2. The number of aromatic amines is 1. The Kier molecular flexibility index (Phi) is 3.31. The normalized spacial score (nSPS) is 11.0. The number of rotatable bonds is 3. The smallest absolute Gasteiger partial charge is 0.329 e. The summed E-state index contributed by atoms with van der Waals surface area (Å²) in [5.41, 5.74) is -1.79. The number of carbonyl (C=O) groups excluding carboxylic acids is 1. The van der Waals surface area contributed by atoms with Crippen molar-refractivity contribution in [1.29, 1.82) is 0 Å². The SMILES string of the molecule is CN(C(=O)c1ccc(=O)[nH]n1)C(C)(C)C(=O)O. The van der Waals surface area contributed by atoms with E-state index in [0.29, 0.717) is 0 Å². The van der Waals surface area contributed by atoms with Gasteiger partial charge in [-0.3, -0.25) is 9.59 Å². The molecule has 1 aromatic rings. The average molecular weight is 239 g/mol. The van der Waals surface area contributed by atoms with Crippen LogP contribution in [0.15, 0.2) is 16.9 Å². The van der Waals surface area contributed by atoms with Gasteiger partial charge in [0.25, 0.3) is 11.5 Å². The van der Waals surface area contributed by atoms with Crippen molar-refractivity contribution in [3.63, 3.8) is 0 Å². The highest BCUT2D eigenvalue weighted by molar-refractivity contribution is 5.95. The molecule has 0 aliphatic heterocycles. The summed E-state index contributed by atoms with van der Waals surface area (Å²) in [7, 11) is 1.36. The van der Waals surface area contributed by atoms with E-state index in [9.17, 15) is 14.4 Å². The van der Waals surface area contributed by atoms with Crippen molar-refractivity contribution in [1.82, 2.24) is 15.1 Å². The van der Waals surface area contributed by atoms with Crippen LogP contribution in [0.4, 0.5) is 0 Å². The first-order chi connectivity index (χ1) is 7.76. The zero-order valence-corrected chi connectivity index (χ0v) is 9.72. The predicted octanol–water partition coefficient (Wildman–Crippen LogP) is -0.295. The second-order valence-electron chi connectivity index (χ2n) is 4.03. The quantitative estimate of drug-likeness (QED) is 0.754. The third kappa shape index (κ3) is 2.49. The molecular formula is C10H13N3O4. The number of aromatic nitrogens is 2. The van der Waals surface area contributed by atoms with E-state index in [2.05, 4.69) is 10.2 Å². The Morgan fingerprint density at radius 1 is 1.41 bits per heavy atom. The Hall–Kier alpha value is -2.18. The number of carboxylic acids is 1. The molecule has 7 heteroatoms. The summed E-state index contributed by atoms with van der Waals surface area (Å²) in [6.45, 7) is 2.80. The Labute approximate surface area is 97.1 Å². The number of H-pyrrole nitrogens is 1. The molecule has 0 aromatic carbocycles. The van der Waals surface area contributed by atoms with E-state index in [1.165, 1.54) is 27.0 Å². The van der Waals surface area contributed by atoms with E-state index >= 15 is 0 Å². The second kappa shape index (κ2) is 4.36. The van der Waals surface area contributed by atoms with Crippen molar-refractivity contribution < 1.29 is 14.7 Å². The summed E-state index contributed by atoms with van der Waals surface area (Å²) in [5.74, 6) is -1.70. The van der Waals surface area contributed by atoms with E-state index in [0.717, 1.165) is 11.0 Å². The lowest BCUT2D eigenvalue weighted by Crippen LogP contribution is -2.51. The van der Waals surface area contributed by atoms with E-state index in [-0.39, 0.29) is 5.69 Å². The number of nitrogens with zero attached hydrogens (tertiary/aromatic N) is 2. The third-order valence-electron chi connectivity index (χ3n) is 2.56. The van der Waals surface area contributed by atoms with Crippen molar-refractivity contribution in [2.24, 2.45) is 0 Å². The standard InChI is InChI=1S/C10H13N3O4/c1-10(2,9(16)17)13(3)8(15)6-4-5-7(14)12-11-6/h4-5H,1-3H3,(H,12,14)(H,16,17). The summed E-state index contributed by atoms with van der Waals surface area (Å²) < 4.78 is 0. The summed E-state index contributed by atoms with van der Waals surface area (Å²) >= 11 is 0. The van der Waals surface area contributed by atoms with Crippen molar-refractivity contribution in [3.8, 4) is 0 Å². The number of amides is 1. The summed E-state index contributed by atoms with van der Waals surface area (Å²) in [5, 5.41) is 14.6. The van der Waals surface area contributed by atoms with Gasteiger partial charge in [0.1, 0.15) is 11.2 Å². The summed E-state index contributed by atoms with van der Waals surface area (Å²) in [4.78, 5) is 34.7. The van der Waals surface area contributed by atoms with E-state index < -0.39 is 23.0 Å². The minimum Gasteiger partial charge on any atom is -0.480 e. The molecule has 1 aromatic heterocycles. The molecule has 7 nitrogen and oxygen atoms in total. The van der Waals surface area contributed by atoms with Crippen molar-refractivity contribution in [2.75, 3.05) is 7.05 Å². The first-order valence-electron chi connectivity index (χ1n) is 4.84. The van der Waals surface area contributed by atoms with Crippen molar-refractivity contribution >= 4 is 11.9 Å². The first kappa shape index (κ1) is 12.9. The van der Waals surface area contributed by atoms with Gasteiger partial charge in [-0.2, -0.15) is 5.10 Å². The summed E-state index contributed by atoms with van der Waals surface area (Å²) in [6.07, 6.45) is 0. The average Bonchev–Trinajstić information content (AvgIpc) is 2.27. The Balaban J connectivity index is 3.02. The van der Waals surface area contributed by atoms with Gasteiger partial charge in [-0.15, -0.1) is 0 Å². The molecule has 92 valence electrons. The molecule has 1 amide bonds. The molecule has 0 spiro atoms.